The van der Waals surface area contributed by atoms with E-state index in [1.54, 1.807) is 0 Å². The zero-order valence-electron chi connectivity index (χ0n) is 12.5. The summed E-state index contributed by atoms with van der Waals surface area (Å²) >= 11 is 7.69. The number of amides is 1. The smallest absolute Gasteiger partial charge is 0.266 e. The molecule has 0 aliphatic heterocycles. The Hall–Kier alpha value is -2.17. The molecular formula is C18H15ClN2OS. The van der Waals surface area contributed by atoms with Gasteiger partial charge >= 0.3 is 0 Å². The van der Waals surface area contributed by atoms with E-state index < -0.39 is 0 Å². The lowest BCUT2D eigenvalue weighted by atomic mass is 10.1. The Bertz CT molecular complexity index is 871. The fourth-order valence-corrected chi connectivity index (χ4v) is 3.71. The van der Waals surface area contributed by atoms with Crippen molar-refractivity contribution in [2.24, 2.45) is 5.10 Å². The van der Waals surface area contributed by atoms with E-state index in [1.807, 2.05) is 61.5 Å². The number of carbonyl (C=O) groups excluding carboxylic acids is 1. The predicted octanol–water partition coefficient (Wildman–Crippen LogP) is 5.10. The van der Waals surface area contributed by atoms with Gasteiger partial charge in [0.2, 0.25) is 0 Å². The first-order valence-electron chi connectivity index (χ1n) is 7.30. The molecule has 0 aliphatic rings. The molecule has 3 aromatic rings. The SMILES string of the molecule is CCC(=NNC(=O)c1sc2ccccc2c1Cl)c1ccccc1. The van der Waals surface area contributed by atoms with Crippen LogP contribution in [0.15, 0.2) is 59.7 Å². The average molecular weight is 343 g/mol. The molecule has 116 valence electrons. The molecule has 0 aliphatic carbocycles. The highest BCUT2D eigenvalue weighted by atomic mass is 35.5. The van der Waals surface area contributed by atoms with Gasteiger partial charge in [0.15, 0.2) is 0 Å². The van der Waals surface area contributed by atoms with E-state index in [1.165, 1.54) is 11.3 Å². The molecule has 3 rings (SSSR count). The quantitative estimate of drug-likeness (QED) is 0.520. The number of hydrogen-bond acceptors (Lipinski definition) is 3. The van der Waals surface area contributed by atoms with E-state index in [2.05, 4.69) is 10.5 Å². The van der Waals surface area contributed by atoms with E-state index in [0.717, 1.165) is 27.8 Å². The van der Waals surface area contributed by atoms with E-state index >= 15 is 0 Å². The molecule has 0 fully saturated rings. The number of hydrogen-bond donors (Lipinski definition) is 1. The standard InChI is InChI=1S/C18H15ClN2OS/c1-2-14(12-8-4-3-5-9-12)20-21-18(22)17-16(19)13-10-6-7-11-15(13)23-17/h3-11H,2H2,1H3,(H,21,22). The zero-order valence-corrected chi connectivity index (χ0v) is 14.1. The summed E-state index contributed by atoms with van der Waals surface area (Å²) in [6.45, 7) is 2.00. The lowest BCUT2D eigenvalue weighted by Gasteiger charge is -2.04. The van der Waals surface area contributed by atoms with Crippen molar-refractivity contribution in [1.82, 2.24) is 5.43 Å². The van der Waals surface area contributed by atoms with Gasteiger partial charge in [-0.25, -0.2) is 5.43 Å². The maximum absolute atomic E-state index is 12.4. The number of halogens is 1. The van der Waals surface area contributed by atoms with Gasteiger partial charge in [0.1, 0.15) is 4.88 Å². The van der Waals surface area contributed by atoms with Crippen molar-refractivity contribution in [2.45, 2.75) is 13.3 Å². The molecule has 0 radical (unpaired) electrons. The summed E-state index contributed by atoms with van der Waals surface area (Å²) < 4.78 is 0.991. The van der Waals surface area contributed by atoms with E-state index in [-0.39, 0.29) is 5.91 Å². The van der Waals surface area contributed by atoms with Gasteiger partial charge in [0.25, 0.3) is 5.91 Å². The number of thiophene rings is 1. The molecule has 0 saturated heterocycles. The Kier molecular flexibility index (Phi) is 4.74. The zero-order chi connectivity index (χ0) is 16.2. The molecule has 3 nitrogen and oxygen atoms in total. The summed E-state index contributed by atoms with van der Waals surface area (Å²) in [5, 5.41) is 5.64. The van der Waals surface area contributed by atoms with Gasteiger partial charge in [-0.2, -0.15) is 5.10 Å². The number of fused-ring (bicyclic) bond motifs is 1. The molecule has 1 aromatic heterocycles. The number of nitrogens with zero attached hydrogens (tertiary/aromatic N) is 1. The molecule has 0 atom stereocenters. The molecule has 0 unspecified atom stereocenters. The lowest BCUT2D eigenvalue weighted by molar-refractivity contribution is 0.0959. The summed E-state index contributed by atoms with van der Waals surface area (Å²) in [6, 6.07) is 17.5. The Morgan fingerprint density at radius 3 is 2.52 bits per heavy atom. The number of rotatable bonds is 4. The Morgan fingerprint density at radius 1 is 1.13 bits per heavy atom. The van der Waals surface area contributed by atoms with Gasteiger partial charge < -0.3 is 0 Å². The minimum Gasteiger partial charge on any atom is -0.266 e. The molecule has 1 N–H and O–H groups in total. The van der Waals surface area contributed by atoms with Gasteiger partial charge in [-0.1, -0.05) is 67.1 Å². The monoisotopic (exact) mass is 342 g/mol. The van der Waals surface area contributed by atoms with Crippen LogP contribution >= 0.6 is 22.9 Å². The average Bonchev–Trinajstić information content (AvgIpc) is 2.94. The molecule has 0 spiro atoms. The highest BCUT2D eigenvalue weighted by Crippen LogP contribution is 2.34. The van der Waals surface area contributed by atoms with Gasteiger partial charge in [0.05, 0.1) is 10.7 Å². The number of benzene rings is 2. The maximum Gasteiger partial charge on any atom is 0.283 e. The first-order chi connectivity index (χ1) is 11.2. The predicted molar refractivity (Wildman–Crippen MR) is 97.6 cm³/mol. The van der Waals surface area contributed by atoms with Crippen LogP contribution in [0.3, 0.4) is 0 Å². The Labute approximate surface area is 143 Å². The largest absolute Gasteiger partial charge is 0.283 e. The fraction of sp³-hybridized carbons (Fsp3) is 0.111. The summed E-state index contributed by atoms with van der Waals surface area (Å²) in [5.74, 6) is -0.280. The molecule has 23 heavy (non-hydrogen) atoms. The molecule has 1 amide bonds. The van der Waals surface area contributed by atoms with Gasteiger partial charge in [0, 0.05) is 10.1 Å². The van der Waals surface area contributed by atoms with Crippen LogP contribution in [0.1, 0.15) is 28.6 Å². The summed E-state index contributed by atoms with van der Waals surface area (Å²) in [7, 11) is 0. The lowest BCUT2D eigenvalue weighted by Crippen LogP contribution is -2.19. The molecule has 0 bridgehead atoms. The summed E-state index contributed by atoms with van der Waals surface area (Å²) in [6.07, 6.45) is 0.727. The van der Waals surface area contributed by atoms with Crippen molar-refractivity contribution in [1.29, 1.82) is 0 Å². The first kappa shape index (κ1) is 15.7. The summed E-state index contributed by atoms with van der Waals surface area (Å²) in [5.41, 5.74) is 4.45. The molecule has 0 saturated carbocycles. The highest BCUT2D eigenvalue weighted by Gasteiger charge is 2.16. The van der Waals surface area contributed by atoms with E-state index in [0.29, 0.717) is 9.90 Å². The topological polar surface area (TPSA) is 41.5 Å². The van der Waals surface area contributed by atoms with Crippen LogP contribution in [0.5, 0.6) is 0 Å². The second kappa shape index (κ2) is 6.94. The van der Waals surface area contributed by atoms with Crippen LogP contribution < -0.4 is 5.43 Å². The van der Waals surface area contributed by atoms with Crippen LogP contribution in [0.4, 0.5) is 0 Å². The van der Waals surface area contributed by atoms with Crippen molar-refractivity contribution in [3.05, 3.63) is 70.1 Å². The van der Waals surface area contributed by atoms with Crippen molar-refractivity contribution < 1.29 is 4.79 Å². The third kappa shape index (κ3) is 3.28. The number of hydrazone groups is 1. The fourth-order valence-electron chi connectivity index (χ4n) is 2.31. The second-order valence-corrected chi connectivity index (χ2v) is 6.39. The van der Waals surface area contributed by atoms with Gasteiger partial charge in [-0.15, -0.1) is 11.3 Å². The number of nitrogens with one attached hydrogen (secondary N) is 1. The van der Waals surface area contributed by atoms with Crippen LogP contribution in [0.2, 0.25) is 5.02 Å². The highest BCUT2D eigenvalue weighted by molar-refractivity contribution is 7.21. The molecule has 2 aromatic carbocycles. The number of carbonyl (C=O) groups is 1. The normalized spacial score (nSPS) is 11.7. The third-order valence-electron chi connectivity index (χ3n) is 3.48. The van der Waals surface area contributed by atoms with Crippen molar-refractivity contribution in [2.75, 3.05) is 0 Å². The second-order valence-electron chi connectivity index (χ2n) is 4.96. The summed E-state index contributed by atoms with van der Waals surface area (Å²) in [4.78, 5) is 12.9. The van der Waals surface area contributed by atoms with Crippen molar-refractivity contribution in [3.8, 4) is 0 Å². The molecule has 5 heteroatoms. The third-order valence-corrected chi connectivity index (χ3v) is 5.15. The van der Waals surface area contributed by atoms with Crippen LogP contribution in [-0.2, 0) is 0 Å². The Balaban J connectivity index is 1.85. The molecular weight excluding hydrogens is 328 g/mol. The van der Waals surface area contributed by atoms with Crippen LogP contribution in [0.25, 0.3) is 10.1 Å². The maximum atomic E-state index is 12.4. The minimum absolute atomic E-state index is 0.280. The van der Waals surface area contributed by atoms with Crippen LogP contribution in [-0.4, -0.2) is 11.6 Å². The Morgan fingerprint density at radius 2 is 1.83 bits per heavy atom. The minimum atomic E-state index is -0.280. The molecule has 1 heterocycles. The van der Waals surface area contributed by atoms with E-state index in [4.69, 9.17) is 11.6 Å². The van der Waals surface area contributed by atoms with Gasteiger partial charge in [-0.3, -0.25) is 4.79 Å². The van der Waals surface area contributed by atoms with Crippen molar-refractivity contribution in [3.63, 3.8) is 0 Å². The van der Waals surface area contributed by atoms with Crippen LogP contribution in [0, 0.1) is 0 Å². The first-order valence-corrected chi connectivity index (χ1v) is 8.49. The van der Waals surface area contributed by atoms with Gasteiger partial charge in [-0.05, 0) is 18.1 Å². The van der Waals surface area contributed by atoms with E-state index in [9.17, 15) is 4.79 Å². The van der Waals surface area contributed by atoms with Crippen molar-refractivity contribution >= 4 is 44.6 Å².